The quantitative estimate of drug-likeness (QED) is 0.534. The number of anilines is 2. The van der Waals surface area contributed by atoms with Crippen molar-refractivity contribution in [2.75, 3.05) is 49.5 Å². The molecule has 0 unspecified atom stereocenters. The van der Waals surface area contributed by atoms with Crippen molar-refractivity contribution < 1.29 is 14.4 Å². The van der Waals surface area contributed by atoms with E-state index in [1.807, 2.05) is 29.2 Å². The number of urea groups is 1. The Balaban J connectivity index is 1.23. The molecular weight excluding hydrogens is 454 g/mol. The van der Waals surface area contributed by atoms with E-state index in [2.05, 4.69) is 22.1 Å². The number of rotatable bonds is 8. The minimum atomic E-state index is -0.200. The molecule has 3 aliphatic rings. The summed E-state index contributed by atoms with van der Waals surface area (Å²) >= 11 is 0. The van der Waals surface area contributed by atoms with Gasteiger partial charge in [0.05, 0.1) is 0 Å². The van der Waals surface area contributed by atoms with Gasteiger partial charge in [0, 0.05) is 56.1 Å². The molecule has 1 aromatic rings. The molecule has 1 saturated heterocycles. The Kier molecular flexibility index (Phi) is 9.25. The maximum absolute atomic E-state index is 12.8. The zero-order valence-corrected chi connectivity index (χ0v) is 21.4. The fourth-order valence-electron chi connectivity index (χ4n) is 5.63. The molecule has 0 spiro atoms. The second-order valence-electron chi connectivity index (χ2n) is 10.3. The van der Waals surface area contributed by atoms with Gasteiger partial charge in [-0.3, -0.25) is 9.59 Å². The van der Waals surface area contributed by atoms with Crippen molar-refractivity contribution in [1.82, 2.24) is 15.1 Å². The van der Waals surface area contributed by atoms with Crippen LogP contribution in [0.5, 0.6) is 0 Å². The smallest absolute Gasteiger partial charge is 0.317 e. The summed E-state index contributed by atoms with van der Waals surface area (Å²) in [6.07, 6.45) is 11.6. The van der Waals surface area contributed by atoms with E-state index in [0.717, 1.165) is 57.3 Å². The molecule has 2 saturated carbocycles. The number of benzene rings is 1. The van der Waals surface area contributed by atoms with Crippen LogP contribution in [-0.2, 0) is 9.59 Å². The van der Waals surface area contributed by atoms with Gasteiger partial charge in [-0.05, 0) is 49.9 Å². The highest BCUT2D eigenvalue weighted by atomic mass is 16.2. The number of carbonyl (C=O) groups is 3. The van der Waals surface area contributed by atoms with Crippen molar-refractivity contribution in [3.8, 4) is 0 Å². The van der Waals surface area contributed by atoms with Gasteiger partial charge in [0.15, 0.2) is 0 Å². The maximum Gasteiger partial charge on any atom is 0.317 e. The number of hydrogen-bond donors (Lipinski definition) is 2. The van der Waals surface area contributed by atoms with Gasteiger partial charge in [0.25, 0.3) is 0 Å². The lowest BCUT2D eigenvalue weighted by Crippen LogP contribution is -2.53. The molecule has 2 aliphatic carbocycles. The molecule has 2 N–H and O–H groups in total. The minimum absolute atomic E-state index is 0.0357. The molecular formula is C28H41N5O3. The number of carbonyl (C=O) groups excluding carboxylic acids is 3. The van der Waals surface area contributed by atoms with Crippen LogP contribution in [0.2, 0.25) is 0 Å². The summed E-state index contributed by atoms with van der Waals surface area (Å²) < 4.78 is 0. The van der Waals surface area contributed by atoms with E-state index >= 15 is 0 Å². The highest BCUT2D eigenvalue weighted by Gasteiger charge is 2.28. The van der Waals surface area contributed by atoms with E-state index in [0.29, 0.717) is 31.4 Å². The molecule has 196 valence electrons. The highest BCUT2D eigenvalue weighted by molar-refractivity contribution is 5.95. The van der Waals surface area contributed by atoms with Crippen LogP contribution in [0.15, 0.2) is 36.9 Å². The summed E-state index contributed by atoms with van der Waals surface area (Å²) in [6, 6.07) is 8.18. The summed E-state index contributed by atoms with van der Waals surface area (Å²) in [6.45, 7) is 7.12. The molecule has 0 bridgehead atoms. The lowest BCUT2D eigenvalue weighted by atomic mass is 9.96. The van der Waals surface area contributed by atoms with Gasteiger partial charge in [0.2, 0.25) is 11.8 Å². The first-order valence-corrected chi connectivity index (χ1v) is 13.6. The third-order valence-electron chi connectivity index (χ3n) is 7.72. The second-order valence-corrected chi connectivity index (χ2v) is 10.3. The van der Waals surface area contributed by atoms with Crippen LogP contribution in [0, 0.1) is 5.92 Å². The molecule has 0 aromatic heterocycles. The first kappa shape index (κ1) is 26.0. The molecule has 8 nitrogen and oxygen atoms in total. The summed E-state index contributed by atoms with van der Waals surface area (Å²) in [5.41, 5.74) is 1.78. The van der Waals surface area contributed by atoms with Crippen molar-refractivity contribution in [3.63, 3.8) is 0 Å². The van der Waals surface area contributed by atoms with Crippen LogP contribution in [-0.4, -0.2) is 73.0 Å². The molecule has 1 heterocycles. The van der Waals surface area contributed by atoms with E-state index < -0.39 is 0 Å². The van der Waals surface area contributed by atoms with Gasteiger partial charge in [0.1, 0.15) is 6.54 Å². The van der Waals surface area contributed by atoms with Crippen molar-refractivity contribution in [1.29, 1.82) is 0 Å². The van der Waals surface area contributed by atoms with Crippen LogP contribution in [0.3, 0.4) is 0 Å². The van der Waals surface area contributed by atoms with Gasteiger partial charge in [-0.15, -0.1) is 6.58 Å². The largest absolute Gasteiger partial charge is 0.368 e. The lowest BCUT2D eigenvalue weighted by Gasteiger charge is -2.37. The predicted octanol–water partition coefficient (Wildman–Crippen LogP) is 3.99. The fourth-order valence-corrected chi connectivity index (χ4v) is 5.63. The van der Waals surface area contributed by atoms with E-state index in [4.69, 9.17) is 0 Å². The molecule has 8 heteroatoms. The Morgan fingerprint density at radius 1 is 0.917 bits per heavy atom. The van der Waals surface area contributed by atoms with Crippen LogP contribution in [0.25, 0.3) is 0 Å². The Morgan fingerprint density at radius 3 is 2.19 bits per heavy atom. The van der Waals surface area contributed by atoms with E-state index in [-0.39, 0.29) is 30.3 Å². The number of nitrogens with zero attached hydrogens (tertiary/aromatic N) is 3. The average Bonchev–Trinajstić information content (AvgIpc) is 3.44. The first-order valence-electron chi connectivity index (χ1n) is 13.6. The van der Waals surface area contributed by atoms with Gasteiger partial charge in [-0.2, -0.15) is 0 Å². The number of amides is 4. The monoisotopic (exact) mass is 495 g/mol. The Hall–Kier alpha value is -3.03. The molecule has 3 fully saturated rings. The Labute approximate surface area is 215 Å². The summed E-state index contributed by atoms with van der Waals surface area (Å²) in [7, 11) is 0. The number of nitrogens with one attached hydrogen (secondary N) is 2. The summed E-state index contributed by atoms with van der Waals surface area (Å²) in [5.74, 6) is -0.103. The second kappa shape index (κ2) is 12.8. The SMILES string of the molecule is C=CCN(CC(=O)Nc1ccc(N2CCN(C(=O)NC3CCCCC3)CC2)cc1)C(=O)C1CCCC1. The zero-order valence-electron chi connectivity index (χ0n) is 21.4. The number of hydrogen-bond acceptors (Lipinski definition) is 4. The number of piperazine rings is 1. The predicted molar refractivity (Wildman–Crippen MR) is 143 cm³/mol. The molecule has 1 aromatic carbocycles. The first-order chi connectivity index (χ1) is 17.5. The Morgan fingerprint density at radius 2 is 1.56 bits per heavy atom. The van der Waals surface area contributed by atoms with Crippen molar-refractivity contribution in [3.05, 3.63) is 36.9 Å². The molecule has 36 heavy (non-hydrogen) atoms. The van der Waals surface area contributed by atoms with Crippen LogP contribution in [0.4, 0.5) is 16.2 Å². The lowest BCUT2D eigenvalue weighted by molar-refractivity contribution is -0.137. The van der Waals surface area contributed by atoms with Crippen molar-refractivity contribution in [2.24, 2.45) is 5.92 Å². The fraction of sp³-hybridized carbons (Fsp3) is 0.607. The summed E-state index contributed by atoms with van der Waals surface area (Å²) in [5, 5.41) is 6.13. The van der Waals surface area contributed by atoms with Crippen LogP contribution >= 0.6 is 0 Å². The van der Waals surface area contributed by atoms with Crippen molar-refractivity contribution >= 4 is 29.2 Å². The zero-order chi connectivity index (χ0) is 25.3. The molecule has 4 amide bonds. The van der Waals surface area contributed by atoms with Crippen LogP contribution in [0.1, 0.15) is 57.8 Å². The van der Waals surface area contributed by atoms with E-state index in [1.54, 1.807) is 11.0 Å². The molecule has 0 radical (unpaired) electrons. The minimum Gasteiger partial charge on any atom is -0.368 e. The van der Waals surface area contributed by atoms with E-state index in [9.17, 15) is 14.4 Å². The van der Waals surface area contributed by atoms with Gasteiger partial charge < -0.3 is 25.3 Å². The van der Waals surface area contributed by atoms with Gasteiger partial charge in [-0.1, -0.05) is 38.2 Å². The van der Waals surface area contributed by atoms with Gasteiger partial charge >= 0.3 is 6.03 Å². The van der Waals surface area contributed by atoms with Gasteiger partial charge in [-0.25, -0.2) is 4.79 Å². The standard InChI is InChI=1S/C28H41N5O3/c1-2-16-33(27(35)22-8-6-7-9-22)21-26(34)29-24-12-14-25(15-13-24)31-17-19-32(20-18-31)28(36)30-23-10-4-3-5-11-23/h2,12-15,22-23H,1,3-11,16-21H2,(H,29,34)(H,30,36). The normalized spacial score (nSPS) is 19.1. The van der Waals surface area contributed by atoms with Crippen LogP contribution < -0.4 is 15.5 Å². The summed E-state index contributed by atoms with van der Waals surface area (Å²) in [4.78, 5) is 43.8. The highest BCUT2D eigenvalue weighted by Crippen LogP contribution is 2.27. The maximum atomic E-state index is 12.8. The Bertz CT molecular complexity index is 898. The molecule has 4 rings (SSSR count). The third kappa shape index (κ3) is 7.02. The average molecular weight is 496 g/mol. The molecule has 1 aliphatic heterocycles. The topological polar surface area (TPSA) is 85.0 Å². The van der Waals surface area contributed by atoms with E-state index in [1.165, 1.54) is 19.3 Å². The van der Waals surface area contributed by atoms with Crippen molar-refractivity contribution in [2.45, 2.75) is 63.8 Å². The third-order valence-corrected chi connectivity index (χ3v) is 7.72. The molecule has 0 atom stereocenters.